The van der Waals surface area contributed by atoms with E-state index in [0.717, 1.165) is 28.8 Å². The Balaban J connectivity index is 1.70. The third-order valence-electron chi connectivity index (χ3n) is 7.71. The van der Waals surface area contributed by atoms with Crippen molar-refractivity contribution < 1.29 is 13.2 Å². The van der Waals surface area contributed by atoms with E-state index in [4.69, 9.17) is 13.1 Å². The van der Waals surface area contributed by atoms with Gasteiger partial charge in [0.1, 0.15) is 0 Å². The van der Waals surface area contributed by atoms with Gasteiger partial charge >= 0.3 is 6.18 Å². The summed E-state index contributed by atoms with van der Waals surface area (Å²) in [5, 5.41) is 20.2. The zero-order valence-corrected chi connectivity index (χ0v) is 22.5. The number of aryl methyl sites for hydroxylation is 1. The van der Waals surface area contributed by atoms with Crippen LogP contribution in [0.3, 0.4) is 0 Å². The largest absolute Gasteiger partial charge is 0.416 e. The van der Waals surface area contributed by atoms with Crippen molar-refractivity contribution in [2.45, 2.75) is 13.1 Å². The second-order valence-electron chi connectivity index (χ2n) is 10.0. The summed E-state index contributed by atoms with van der Waals surface area (Å²) in [6.07, 6.45) is -4.50. The molecule has 202 valence electrons. The molecule has 0 fully saturated rings. The molecule has 0 bridgehead atoms. The second kappa shape index (κ2) is 10.0. The van der Waals surface area contributed by atoms with Crippen LogP contribution in [0, 0.1) is 42.7 Å². The first-order chi connectivity index (χ1) is 20.7. The first-order valence-corrected chi connectivity index (χ1v) is 13.0. The van der Waals surface area contributed by atoms with Crippen molar-refractivity contribution in [1.82, 2.24) is 0 Å². The Kier molecular flexibility index (Phi) is 6.31. The molecule has 43 heavy (non-hydrogen) atoms. The molecule has 0 N–H and O–H groups in total. The van der Waals surface area contributed by atoms with E-state index >= 15 is 0 Å². The van der Waals surface area contributed by atoms with Crippen molar-refractivity contribution in [2.24, 2.45) is 0 Å². The average molecular weight is 563 g/mol. The normalized spacial score (nSPS) is 15.3. The van der Waals surface area contributed by atoms with E-state index in [1.54, 1.807) is 18.2 Å². The number of nitrogens with zero attached hydrogens (tertiary/aromatic N) is 4. The number of nitriles is 2. The predicted molar refractivity (Wildman–Crippen MR) is 159 cm³/mol. The zero-order chi connectivity index (χ0) is 30.5. The highest BCUT2D eigenvalue weighted by Gasteiger charge is 2.41. The third-order valence-corrected chi connectivity index (χ3v) is 7.71. The fraction of sp³-hybridized carbons (Fsp3) is 0.0556. The van der Waals surface area contributed by atoms with Gasteiger partial charge in [0.15, 0.2) is 0 Å². The van der Waals surface area contributed by atoms with E-state index in [1.807, 2.05) is 61.5 Å². The minimum absolute atomic E-state index is 0.140. The molecule has 0 atom stereocenters. The molecule has 6 rings (SSSR count). The van der Waals surface area contributed by atoms with E-state index in [0.29, 0.717) is 55.7 Å². The van der Waals surface area contributed by atoms with Crippen molar-refractivity contribution in [3.8, 4) is 34.4 Å². The van der Waals surface area contributed by atoms with Gasteiger partial charge in [-0.2, -0.15) is 13.2 Å². The van der Waals surface area contributed by atoms with Crippen molar-refractivity contribution in [2.75, 3.05) is 0 Å². The highest BCUT2D eigenvalue weighted by molar-refractivity contribution is 6.39. The zero-order valence-electron chi connectivity index (χ0n) is 22.5. The average Bonchev–Trinajstić information content (AvgIpc) is 3.52. The van der Waals surface area contributed by atoms with Crippen LogP contribution in [0.15, 0.2) is 96.3 Å². The van der Waals surface area contributed by atoms with Crippen LogP contribution in [-0.2, 0) is 6.18 Å². The van der Waals surface area contributed by atoms with Gasteiger partial charge < -0.3 is 0 Å². The Morgan fingerprint density at radius 1 is 0.628 bits per heavy atom. The maximum Gasteiger partial charge on any atom is 0.416 e. The SMILES string of the molecule is [C-]#[N+]/C(C#N)=C1C2=C(/C(=C(\C#N)[N+]#[C-])c3c2cccc3-c2ccc(C)cc2)c2cccc(-c3ccc(C(F)(F)F)cc3)c2\1. The van der Waals surface area contributed by atoms with Gasteiger partial charge in [-0.05, 0) is 74.7 Å². The quantitative estimate of drug-likeness (QED) is 0.180. The highest BCUT2D eigenvalue weighted by atomic mass is 19.4. The lowest BCUT2D eigenvalue weighted by Gasteiger charge is -2.19. The molecule has 0 unspecified atom stereocenters. The Morgan fingerprint density at radius 2 is 1.02 bits per heavy atom. The summed E-state index contributed by atoms with van der Waals surface area (Å²) < 4.78 is 40.0. The monoisotopic (exact) mass is 562 g/mol. The van der Waals surface area contributed by atoms with Gasteiger partial charge in [-0.25, -0.2) is 20.2 Å². The van der Waals surface area contributed by atoms with Crippen LogP contribution in [0.25, 0.3) is 54.2 Å². The molecule has 2 aliphatic carbocycles. The van der Waals surface area contributed by atoms with Crippen molar-refractivity contribution in [3.05, 3.63) is 153 Å². The fourth-order valence-corrected chi connectivity index (χ4v) is 5.90. The summed E-state index contributed by atoms with van der Waals surface area (Å²) in [6.45, 7) is 17.7. The van der Waals surface area contributed by atoms with Crippen LogP contribution in [0.2, 0.25) is 0 Å². The number of allylic oxidation sites excluding steroid dienone is 6. The molecule has 0 radical (unpaired) electrons. The highest BCUT2D eigenvalue weighted by Crippen LogP contribution is 2.62. The molecule has 0 amide bonds. The third kappa shape index (κ3) is 4.12. The molecule has 0 aliphatic heterocycles. The van der Waals surface area contributed by atoms with Gasteiger partial charge in [-0.15, -0.1) is 0 Å². The summed E-state index contributed by atoms with van der Waals surface area (Å²) in [4.78, 5) is 7.13. The standard InChI is InChI=1S/C36H17F3N4/c1-20-10-12-21(13-11-20)24-6-4-8-26-30(24)34(28(18-40)42-2)33-27-9-5-7-25(22-14-16-23(17-15-22)36(37,38)39)31(27)35(32(26)33)29(19-41)43-3/h4-17H,1H3/b34-28+,35-29-. The van der Waals surface area contributed by atoms with Crippen molar-refractivity contribution >= 4 is 22.3 Å². The van der Waals surface area contributed by atoms with Gasteiger partial charge in [-0.3, -0.25) is 0 Å². The Labute approximate surface area is 245 Å². The summed E-state index contributed by atoms with van der Waals surface area (Å²) in [5.41, 5.74) is 6.87. The molecule has 7 heteroatoms. The second-order valence-corrected chi connectivity index (χ2v) is 10.0. The van der Waals surface area contributed by atoms with Crippen LogP contribution in [0.4, 0.5) is 13.2 Å². The maximum atomic E-state index is 13.3. The van der Waals surface area contributed by atoms with E-state index in [-0.39, 0.29) is 11.4 Å². The fourth-order valence-electron chi connectivity index (χ4n) is 5.90. The number of alkyl halides is 3. The molecule has 0 saturated heterocycles. The Bertz CT molecular complexity index is 2100. The van der Waals surface area contributed by atoms with E-state index in [9.17, 15) is 23.7 Å². The lowest BCUT2D eigenvalue weighted by Crippen LogP contribution is -2.04. The Morgan fingerprint density at radius 3 is 1.40 bits per heavy atom. The number of hydrogen-bond donors (Lipinski definition) is 0. The molecule has 4 aromatic carbocycles. The molecular formula is C36H17F3N4. The summed E-state index contributed by atoms with van der Waals surface area (Å²) in [6, 6.07) is 27.5. The molecule has 0 heterocycles. The number of hydrogen-bond acceptors (Lipinski definition) is 2. The number of halogens is 3. The molecule has 0 saturated carbocycles. The van der Waals surface area contributed by atoms with Crippen molar-refractivity contribution in [3.63, 3.8) is 0 Å². The smallest absolute Gasteiger partial charge is 0.226 e. The molecule has 0 spiro atoms. The maximum absolute atomic E-state index is 13.3. The first-order valence-electron chi connectivity index (χ1n) is 13.0. The predicted octanol–water partition coefficient (Wildman–Crippen LogP) is 9.59. The van der Waals surface area contributed by atoms with Crippen molar-refractivity contribution in [1.29, 1.82) is 10.5 Å². The van der Waals surface area contributed by atoms with Crippen LogP contribution < -0.4 is 0 Å². The minimum atomic E-state index is -4.50. The topological polar surface area (TPSA) is 56.3 Å². The summed E-state index contributed by atoms with van der Waals surface area (Å²) >= 11 is 0. The number of fused-ring (bicyclic) bond motifs is 4. The van der Waals surface area contributed by atoms with Gasteiger partial charge in [0.25, 0.3) is 11.4 Å². The number of benzene rings is 4. The van der Waals surface area contributed by atoms with E-state index < -0.39 is 11.7 Å². The van der Waals surface area contributed by atoms with E-state index in [2.05, 4.69) is 9.69 Å². The minimum Gasteiger partial charge on any atom is -0.226 e. The van der Waals surface area contributed by atoms with Gasteiger partial charge in [0.2, 0.25) is 0 Å². The molecule has 0 aromatic heterocycles. The lowest BCUT2D eigenvalue weighted by molar-refractivity contribution is -0.137. The van der Waals surface area contributed by atoms with Crippen LogP contribution >= 0.6 is 0 Å². The van der Waals surface area contributed by atoms with E-state index in [1.165, 1.54) is 12.1 Å². The van der Waals surface area contributed by atoms with Crippen LogP contribution in [-0.4, -0.2) is 0 Å². The first kappa shape index (κ1) is 27.0. The summed E-state index contributed by atoms with van der Waals surface area (Å²) in [7, 11) is 0. The Hall–Kier alpha value is -6.15. The molecule has 4 aromatic rings. The van der Waals surface area contributed by atoms with Crippen LogP contribution in [0.5, 0.6) is 0 Å². The molecule has 4 nitrogen and oxygen atoms in total. The lowest BCUT2D eigenvalue weighted by atomic mass is 9.84. The molecule has 2 aliphatic rings. The molecular weight excluding hydrogens is 545 g/mol. The van der Waals surface area contributed by atoms with Gasteiger partial charge in [-0.1, -0.05) is 78.4 Å². The summed E-state index contributed by atoms with van der Waals surface area (Å²) in [5.74, 6) is 0. The van der Waals surface area contributed by atoms with Gasteiger partial charge in [0.05, 0.1) is 30.8 Å². The number of rotatable bonds is 2. The van der Waals surface area contributed by atoms with Gasteiger partial charge in [0, 0.05) is 11.1 Å². The van der Waals surface area contributed by atoms with Crippen LogP contribution in [0.1, 0.15) is 33.4 Å².